The zero-order valence-electron chi connectivity index (χ0n) is 10.5. The van der Waals surface area contributed by atoms with Crippen LogP contribution in [-0.4, -0.2) is 28.3 Å². The van der Waals surface area contributed by atoms with E-state index in [4.69, 9.17) is 4.74 Å². The molecule has 0 aliphatic heterocycles. The fourth-order valence-corrected chi connectivity index (χ4v) is 1.08. The van der Waals surface area contributed by atoms with E-state index in [2.05, 4.69) is 15.3 Å². The summed E-state index contributed by atoms with van der Waals surface area (Å²) in [7, 11) is 0. The van der Waals surface area contributed by atoms with Crippen molar-refractivity contribution in [2.45, 2.75) is 45.6 Å². The molecule has 0 radical (unpaired) electrons. The molecule has 0 aliphatic rings. The van der Waals surface area contributed by atoms with Crippen molar-refractivity contribution < 1.29 is 17.9 Å². The molecule has 1 unspecified atom stereocenters. The van der Waals surface area contributed by atoms with E-state index in [1.165, 1.54) is 12.4 Å². The maximum atomic E-state index is 12.3. The third-order valence-corrected chi connectivity index (χ3v) is 2.11. The van der Waals surface area contributed by atoms with Gasteiger partial charge in [-0.3, -0.25) is 4.98 Å². The number of rotatable bonds is 5. The van der Waals surface area contributed by atoms with Gasteiger partial charge in [0.05, 0.1) is 11.9 Å². The number of nitrogens with zero attached hydrogens (tertiary/aromatic N) is 2. The number of halogens is 3. The molecule has 0 bridgehead atoms. The molecule has 0 saturated heterocycles. The Labute approximate surface area is 104 Å². The fourth-order valence-electron chi connectivity index (χ4n) is 1.08. The van der Waals surface area contributed by atoms with Crippen LogP contribution in [0.15, 0.2) is 12.4 Å². The Morgan fingerprint density at radius 2 is 1.94 bits per heavy atom. The van der Waals surface area contributed by atoms with Gasteiger partial charge in [0.2, 0.25) is 5.88 Å². The molecule has 1 aromatic heterocycles. The summed E-state index contributed by atoms with van der Waals surface area (Å²) < 4.78 is 41.6. The quantitative estimate of drug-likeness (QED) is 0.885. The molecule has 0 saturated carbocycles. The Balaban J connectivity index is 2.65. The predicted molar refractivity (Wildman–Crippen MR) is 60.2 cm³/mol. The van der Waals surface area contributed by atoms with Gasteiger partial charge in [0.1, 0.15) is 0 Å². The van der Waals surface area contributed by atoms with E-state index in [1.807, 2.05) is 13.8 Å². The predicted octanol–water partition coefficient (Wildman–Crippen LogP) is 2.30. The molecule has 1 N–H and O–H groups in total. The van der Waals surface area contributed by atoms with Gasteiger partial charge in [0, 0.05) is 18.8 Å². The number of aromatic nitrogens is 2. The van der Waals surface area contributed by atoms with Crippen LogP contribution in [0.4, 0.5) is 13.2 Å². The van der Waals surface area contributed by atoms with Gasteiger partial charge in [0.25, 0.3) is 0 Å². The van der Waals surface area contributed by atoms with Crippen LogP contribution in [0.1, 0.15) is 26.5 Å². The topological polar surface area (TPSA) is 47.0 Å². The van der Waals surface area contributed by atoms with Crippen molar-refractivity contribution in [2.24, 2.45) is 0 Å². The van der Waals surface area contributed by atoms with E-state index in [9.17, 15) is 13.2 Å². The standard InChI is InChI=1S/C11H16F3N3O/c1-7(2)16-5-9-4-15-6-10(17-9)18-8(3)11(12,13)14/h4,6-8,16H,5H2,1-3H3. The second kappa shape index (κ2) is 5.99. The first-order chi connectivity index (χ1) is 8.29. The number of hydrogen-bond acceptors (Lipinski definition) is 4. The Morgan fingerprint density at radius 1 is 1.28 bits per heavy atom. The highest BCUT2D eigenvalue weighted by Gasteiger charge is 2.38. The lowest BCUT2D eigenvalue weighted by Gasteiger charge is -2.17. The summed E-state index contributed by atoms with van der Waals surface area (Å²) in [5.41, 5.74) is 0.538. The van der Waals surface area contributed by atoms with Crippen LogP contribution in [0.3, 0.4) is 0 Å². The number of alkyl halides is 3. The zero-order valence-corrected chi connectivity index (χ0v) is 10.5. The van der Waals surface area contributed by atoms with Crippen molar-refractivity contribution in [2.75, 3.05) is 0 Å². The normalized spacial score (nSPS) is 13.7. The lowest BCUT2D eigenvalue weighted by molar-refractivity contribution is -0.190. The van der Waals surface area contributed by atoms with Crippen LogP contribution < -0.4 is 10.1 Å². The van der Waals surface area contributed by atoms with Crippen molar-refractivity contribution in [3.8, 4) is 5.88 Å². The second-order valence-corrected chi connectivity index (χ2v) is 4.19. The molecule has 7 heteroatoms. The largest absolute Gasteiger partial charge is 0.464 e. The first-order valence-electron chi connectivity index (χ1n) is 5.56. The van der Waals surface area contributed by atoms with Crippen LogP contribution in [0.5, 0.6) is 5.88 Å². The van der Waals surface area contributed by atoms with Crippen LogP contribution in [0.25, 0.3) is 0 Å². The van der Waals surface area contributed by atoms with Crippen molar-refractivity contribution in [3.63, 3.8) is 0 Å². The maximum absolute atomic E-state index is 12.3. The molecular formula is C11H16F3N3O. The van der Waals surface area contributed by atoms with Crippen LogP contribution in [0.2, 0.25) is 0 Å². The fraction of sp³-hybridized carbons (Fsp3) is 0.636. The van der Waals surface area contributed by atoms with Gasteiger partial charge >= 0.3 is 6.18 Å². The highest BCUT2D eigenvalue weighted by molar-refractivity contribution is 5.09. The summed E-state index contributed by atoms with van der Waals surface area (Å²) in [6.45, 7) is 5.28. The highest BCUT2D eigenvalue weighted by atomic mass is 19.4. The molecule has 1 aromatic rings. The maximum Gasteiger partial charge on any atom is 0.425 e. The molecule has 18 heavy (non-hydrogen) atoms. The summed E-state index contributed by atoms with van der Waals surface area (Å²) in [5.74, 6) is -0.122. The molecule has 0 spiro atoms. The molecule has 0 fully saturated rings. The van der Waals surface area contributed by atoms with Gasteiger partial charge in [-0.2, -0.15) is 13.2 Å². The van der Waals surface area contributed by atoms with E-state index in [0.717, 1.165) is 6.92 Å². The highest BCUT2D eigenvalue weighted by Crippen LogP contribution is 2.23. The van der Waals surface area contributed by atoms with E-state index in [1.54, 1.807) is 0 Å². The number of nitrogens with one attached hydrogen (secondary N) is 1. The summed E-state index contributed by atoms with van der Waals surface area (Å²) >= 11 is 0. The average Bonchev–Trinajstić information content (AvgIpc) is 2.25. The monoisotopic (exact) mass is 263 g/mol. The van der Waals surface area contributed by atoms with Gasteiger partial charge in [-0.15, -0.1) is 0 Å². The van der Waals surface area contributed by atoms with Crippen LogP contribution >= 0.6 is 0 Å². The van der Waals surface area contributed by atoms with Gasteiger partial charge in [-0.1, -0.05) is 13.8 Å². The molecule has 0 amide bonds. The van der Waals surface area contributed by atoms with Crippen molar-refractivity contribution in [1.82, 2.24) is 15.3 Å². The molecule has 1 heterocycles. The molecule has 1 rings (SSSR count). The first-order valence-corrected chi connectivity index (χ1v) is 5.56. The second-order valence-electron chi connectivity index (χ2n) is 4.19. The lowest BCUT2D eigenvalue weighted by Crippen LogP contribution is -2.31. The Kier molecular flexibility index (Phi) is 4.89. The van der Waals surface area contributed by atoms with E-state index >= 15 is 0 Å². The Morgan fingerprint density at radius 3 is 2.50 bits per heavy atom. The van der Waals surface area contributed by atoms with Gasteiger partial charge in [-0.25, -0.2) is 4.98 Å². The van der Waals surface area contributed by atoms with Crippen molar-refractivity contribution in [3.05, 3.63) is 18.1 Å². The van der Waals surface area contributed by atoms with Gasteiger partial charge in [-0.05, 0) is 6.92 Å². The summed E-state index contributed by atoms with van der Waals surface area (Å²) in [4.78, 5) is 7.75. The summed E-state index contributed by atoms with van der Waals surface area (Å²) in [6, 6.07) is 0.255. The van der Waals surface area contributed by atoms with E-state index in [0.29, 0.717) is 12.2 Å². The summed E-state index contributed by atoms with van der Waals surface area (Å²) in [5, 5.41) is 3.09. The summed E-state index contributed by atoms with van der Waals surface area (Å²) in [6.07, 6.45) is -3.66. The van der Waals surface area contributed by atoms with E-state index < -0.39 is 12.3 Å². The number of ether oxygens (including phenoxy) is 1. The van der Waals surface area contributed by atoms with Crippen LogP contribution in [-0.2, 0) is 6.54 Å². The average molecular weight is 263 g/mol. The van der Waals surface area contributed by atoms with E-state index in [-0.39, 0.29) is 11.9 Å². The minimum atomic E-state index is -4.41. The Hall–Kier alpha value is -1.37. The number of hydrogen-bond donors (Lipinski definition) is 1. The van der Waals surface area contributed by atoms with Crippen molar-refractivity contribution in [1.29, 1.82) is 0 Å². The molecular weight excluding hydrogens is 247 g/mol. The van der Waals surface area contributed by atoms with Crippen molar-refractivity contribution >= 4 is 0 Å². The first kappa shape index (κ1) is 14.7. The third kappa shape index (κ3) is 4.87. The minimum Gasteiger partial charge on any atom is -0.464 e. The van der Waals surface area contributed by atoms with Crippen LogP contribution in [0, 0.1) is 0 Å². The third-order valence-electron chi connectivity index (χ3n) is 2.11. The molecule has 0 aromatic carbocycles. The lowest BCUT2D eigenvalue weighted by atomic mass is 10.3. The van der Waals surface area contributed by atoms with Gasteiger partial charge < -0.3 is 10.1 Å². The SMILES string of the molecule is CC(C)NCc1cncc(OC(C)C(F)(F)F)n1. The molecule has 4 nitrogen and oxygen atoms in total. The molecule has 1 atom stereocenters. The smallest absolute Gasteiger partial charge is 0.425 e. The Bertz CT molecular complexity index is 382. The molecule has 102 valence electrons. The zero-order chi connectivity index (χ0) is 13.8. The van der Waals surface area contributed by atoms with Gasteiger partial charge in [0.15, 0.2) is 6.10 Å². The minimum absolute atomic E-state index is 0.122. The molecule has 0 aliphatic carbocycles.